The Morgan fingerprint density at radius 3 is 2.61 bits per heavy atom. The molecule has 3 heterocycles. The number of carbonyl (C=O) groups is 1. The minimum Gasteiger partial charge on any atom is -0.453 e. The van der Waals surface area contributed by atoms with Gasteiger partial charge in [-0.3, -0.25) is 4.79 Å². The van der Waals surface area contributed by atoms with Crippen LogP contribution in [-0.2, 0) is 10.5 Å². The SMILES string of the molecule is C=CCN1C(=O)C2(Oc3ccccc3C3CC(c4ccccc4)=NN32)c2ccccc21. The summed E-state index contributed by atoms with van der Waals surface area (Å²) < 4.78 is 6.59. The number of para-hydroxylation sites is 2. The first-order valence-corrected chi connectivity index (χ1v) is 10.5. The van der Waals surface area contributed by atoms with Crippen molar-refractivity contribution in [2.24, 2.45) is 5.10 Å². The molecule has 0 saturated carbocycles. The highest BCUT2D eigenvalue weighted by atomic mass is 16.5. The molecule has 0 bridgehead atoms. The number of amides is 1. The topological polar surface area (TPSA) is 45.1 Å². The molecule has 0 aliphatic carbocycles. The van der Waals surface area contributed by atoms with Crippen LogP contribution in [0.3, 0.4) is 0 Å². The number of hydrogen-bond acceptors (Lipinski definition) is 4. The molecule has 0 N–H and O–H groups in total. The maximum Gasteiger partial charge on any atom is 0.306 e. The second kappa shape index (κ2) is 6.57. The standard InChI is InChI=1S/C26H21N3O2/c1-2-16-28-22-14-8-7-13-20(22)26(25(28)30)29-23(19-12-6-9-15-24(19)31-26)17-21(27-29)18-10-4-3-5-11-18/h2-15,23H,1,16-17H2. The van der Waals surface area contributed by atoms with Crippen LogP contribution in [0.4, 0.5) is 5.69 Å². The zero-order valence-corrected chi connectivity index (χ0v) is 16.9. The fourth-order valence-electron chi connectivity index (χ4n) is 4.94. The van der Waals surface area contributed by atoms with E-state index in [0.717, 1.165) is 33.8 Å². The van der Waals surface area contributed by atoms with Crippen LogP contribution in [0.25, 0.3) is 0 Å². The van der Waals surface area contributed by atoms with Gasteiger partial charge in [0.15, 0.2) is 0 Å². The quantitative estimate of drug-likeness (QED) is 0.596. The number of anilines is 1. The van der Waals surface area contributed by atoms with Crippen LogP contribution in [0.1, 0.15) is 29.2 Å². The van der Waals surface area contributed by atoms with E-state index in [9.17, 15) is 4.79 Å². The first kappa shape index (κ1) is 18.0. The number of fused-ring (bicyclic) bond motifs is 6. The van der Waals surface area contributed by atoms with E-state index in [1.165, 1.54) is 0 Å². The fourth-order valence-corrected chi connectivity index (χ4v) is 4.94. The molecule has 31 heavy (non-hydrogen) atoms. The highest BCUT2D eigenvalue weighted by molar-refractivity contribution is 6.08. The molecule has 2 unspecified atom stereocenters. The Morgan fingerprint density at radius 1 is 1.03 bits per heavy atom. The Hall–Kier alpha value is -3.86. The molecule has 5 nitrogen and oxygen atoms in total. The second-order valence-electron chi connectivity index (χ2n) is 7.98. The van der Waals surface area contributed by atoms with Crippen molar-refractivity contribution < 1.29 is 9.53 Å². The number of hydrogen-bond donors (Lipinski definition) is 0. The lowest BCUT2D eigenvalue weighted by Gasteiger charge is -2.44. The molecular weight excluding hydrogens is 386 g/mol. The van der Waals surface area contributed by atoms with Gasteiger partial charge >= 0.3 is 5.72 Å². The van der Waals surface area contributed by atoms with Gasteiger partial charge in [-0.2, -0.15) is 5.10 Å². The number of hydrazone groups is 1. The Balaban J connectivity index is 1.59. The van der Waals surface area contributed by atoms with Gasteiger partial charge in [-0.15, -0.1) is 6.58 Å². The van der Waals surface area contributed by atoms with Gasteiger partial charge in [-0.05, 0) is 17.7 Å². The van der Waals surface area contributed by atoms with Crippen molar-refractivity contribution in [3.8, 4) is 5.75 Å². The van der Waals surface area contributed by atoms with Gasteiger partial charge in [0, 0.05) is 18.5 Å². The summed E-state index contributed by atoms with van der Waals surface area (Å²) in [4.78, 5) is 15.7. The van der Waals surface area contributed by atoms with E-state index < -0.39 is 5.72 Å². The summed E-state index contributed by atoms with van der Waals surface area (Å²) in [6, 6.07) is 25.8. The lowest BCUT2D eigenvalue weighted by Crippen LogP contribution is -2.57. The first-order chi connectivity index (χ1) is 15.2. The second-order valence-corrected chi connectivity index (χ2v) is 7.98. The zero-order valence-electron chi connectivity index (χ0n) is 16.9. The Labute approximate surface area is 180 Å². The van der Waals surface area contributed by atoms with E-state index in [1.807, 2.05) is 65.7 Å². The van der Waals surface area contributed by atoms with Crippen molar-refractivity contribution in [2.45, 2.75) is 18.2 Å². The van der Waals surface area contributed by atoms with E-state index in [0.29, 0.717) is 13.0 Å². The molecule has 3 aliphatic heterocycles. The van der Waals surface area contributed by atoms with Gasteiger partial charge in [-0.25, -0.2) is 5.01 Å². The molecular formula is C26H21N3O2. The molecule has 1 amide bonds. The monoisotopic (exact) mass is 407 g/mol. The summed E-state index contributed by atoms with van der Waals surface area (Å²) in [7, 11) is 0. The zero-order chi connectivity index (χ0) is 21.0. The van der Waals surface area contributed by atoms with Crippen molar-refractivity contribution in [2.75, 3.05) is 11.4 Å². The fraction of sp³-hybridized carbons (Fsp3) is 0.154. The largest absolute Gasteiger partial charge is 0.453 e. The van der Waals surface area contributed by atoms with Crippen LogP contribution in [0.15, 0.2) is 96.6 Å². The van der Waals surface area contributed by atoms with Crippen LogP contribution in [0.2, 0.25) is 0 Å². The van der Waals surface area contributed by atoms with Gasteiger partial charge in [-0.1, -0.05) is 72.8 Å². The van der Waals surface area contributed by atoms with Gasteiger partial charge in [0.25, 0.3) is 5.91 Å². The third-order valence-corrected chi connectivity index (χ3v) is 6.28. The molecule has 3 aromatic rings. The molecule has 152 valence electrons. The van der Waals surface area contributed by atoms with E-state index in [2.05, 4.69) is 24.8 Å². The lowest BCUT2D eigenvalue weighted by atomic mass is 9.92. The van der Waals surface area contributed by atoms with Crippen molar-refractivity contribution in [3.05, 3.63) is 108 Å². The van der Waals surface area contributed by atoms with E-state index in [1.54, 1.807) is 11.0 Å². The molecule has 0 aromatic heterocycles. The van der Waals surface area contributed by atoms with E-state index in [4.69, 9.17) is 9.84 Å². The maximum atomic E-state index is 14.0. The van der Waals surface area contributed by atoms with Crippen LogP contribution in [-0.4, -0.2) is 23.2 Å². The third-order valence-electron chi connectivity index (χ3n) is 6.28. The normalized spacial score (nSPS) is 23.2. The van der Waals surface area contributed by atoms with Crippen molar-refractivity contribution in [3.63, 3.8) is 0 Å². The molecule has 1 spiro atoms. The predicted octanol–water partition coefficient (Wildman–Crippen LogP) is 4.62. The highest BCUT2D eigenvalue weighted by Gasteiger charge is 2.62. The summed E-state index contributed by atoms with van der Waals surface area (Å²) in [5.74, 6) is 0.600. The average Bonchev–Trinajstić information content (AvgIpc) is 3.36. The lowest BCUT2D eigenvalue weighted by molar-refractivity contribution is -0.163. The van der Waals surface area contributed by atoms with Gasteiger partial charge < -0.3 is 9.64 Å². The minimum atomic E-state index is -1.32. The summed E-state index contributed by atoms with van der Waals surface area (Å²) in [5, 5.41) is 6.90. The van der Waals surface area contributed by atoms with E-state index >= 15 is 0 Å². The average molecular weight is 407 g/mol. The summed E-state index contributed by atoms with van der Waals surface area (Å²) in [6.45, 7) is 4.26. The van der Waals surface area contributed by atoms with Crippen LogP contribution in [0, 0.1) is 0 Å². The molecule has 0 fully saturated rings. The van der Waals surface area contributed by atoms with Gasteiger partial charge in [0.1, 0.15) is 5.75 Å². The summed E-state index contributed by atoms with van der Waals surface area (Å²) in [6.07, 6.45) is 2.45. The third kappa shape index (κ3) is 2.37. The maximum absolute atomic E-state index is 14.0. The molecule has 3 aliphatic rings. The Kier molecular flexibility index (Phi) is 3.81. The van der Waals surface area contributed by atoms with Gasteiger partial charge in [0.05, 0.1) is 23.0 Å². The Bertz CT molecular complexity index is 1240. The molecule has 0 radical (unpaired) electrons. The summed E-state index contributed by atoms with van der Waals surface area (Å²) in [5.41, 5.74) is 3.40. The molecule has 2 atom stereocenters. The number of ether oxygens (including phenoxy) is 1. The Morgan fingerprint density at radius 2 is 1.77 bits per heavy atom. The minimum absolute atomic E-state index is 0.0826. The number of benzene rings is 3. The van der Waals surface area contributed by atoms with Crippen LogP contribution >= 0.6 is 0 Å². The smallest absolute Gasteiger partial charge is 0.306 e. The highest BCUT2D eigenvalue weighted by Crippen LogP contribution is 2.55. The van der Waals surface area contributed by atoms with Crippen molar-refractivity contribution in [1.82, 2.24) is 5.01 Å². The molecule has 0 saturated heterocycles. The van der Waals surface area contributed by atoms with Gasteiger partial charge in [0.2, 0.25) is 0 Å². The van der Waals surface area contributed by atoms with Crippen molar-refractivity contribution in [1.29, 1.82) is 0 Å². The number of carbonyl (C=O) groups excluding carboxylic acids is 1. The van der Waals surface area contributed by atoms with Crippen molar-refractivity contribution >= 4 is 17.3 Å². The molecule has 5 heteroatoms. The molecule has 6 rings (SSSR count). The number of nitrogens with zero attached hydrogens (tertiary/aromatic N) is 3. The molecule has 3 aromatic carbocycles. The van der Waals surface area contributed by atoms with Crippen LogP contribution < -0.4 is 9.64 Å². The first-order valence-electron chi connectivity index (χ1n) is 10.5. The number of rotatable bonds is 3. The predicted molar refractivity (Wildman–Crippen MR) is 120 cm³/mol. The van der Waals surface area contributed by atoms with E-state index in [-0.39, 0.29) is 11.9 Å². The van der Waals surface area contributed by atoms with Crippen LogP contribution in [0.5, 0.6) is 5.75 Å². The summed E-state index contributed by atoms with van der Waals surface area (Å²) >= 11 is 0.